The number of nitrogens with zero attached hydrogens (tertiary/aromatic N) is 1. The molecule has 5 rings (SSSR count). The minimum atomic E-state index is -4.51. The number of carbonyl (C=O) groups is 1. The van der Waals surface area contributed by atoms with E-state index in [-0.39, 0.29) is 26.6 Å². The Morgan fingerprint density at radius 1 is 0.810 bits per heavy atom. The third-order valence-electron chi connectivity index (χ3n) is 7.32. The number of hydrogen-bond acceptors (Lipinski definition) is 5. The lowest BCUT2D eigenvalue weighted by Gasteiger charge is -2.42. The van der Waals surface area contributed by atoms with Crippen molar-refractivity contribution in [3.8, 4) is 0 Å². The van der Waals surface area contributed by atoms with Crippen LogP contribution in [-0.2, 0) is 24.7 Å². The maximum Gasteiger partial charge on any atom is 0.270 e. The Morgan fingerprint density at radius 3 is 1.98 bits per heavy atom. The van der Waals surface area contributed by atoms with E-state index in [1.807, 2.05) is 60.7 Å². The van der Waals surface area contributed by atoms with Crippen molar-refractivity contribution in [2.45, 2.75) is 30.6 Å². The number of hydrogen-bond donors (Lipinski definition) is 0. The van der Waals surface area contributed by atoms with E-state index in [9.17, 15) is 26.0 Å². The third-order valence-corrected chi connectivity index (χ3v) is 12.1. The third kappa shape index (κ3) is 5.31. The molecule has 0 spiro atoms. The SMILES string of the molecule is Cc1ccc(/C(I)=C2\c3cc(F)ccc3N(S(=O)(=O)c3ccccc3)C(=O)C2(C)CS(=O)(=O)c2ccc(C)cc2)cc1. The molecule has 1 aliphatic rings. The molecule has 42 heavy (non-hydrogen) atoms. The van der Waals surface area contributed by atoms with E-state index in [0.717, 1.165) is 23.3 Å². The highest BCUT2D eigenvalue weighted by atomic mass is 127. The van der Waals surface area contributed by atoms with Crippen molar-refractivity contribution in [1.29, 1.82) is 0 Å². The van der Waals surface area contributed by atoms with E-state index in [0.29, 0.717) is 13.4 Å². The topological polar surface area (TPSA) is 88.6 Å². The Bertz CT molecular complexity index is 1940. The van der Waals surface area contributed by atoms with Gasteiger partial charge in [0.1, 0.15) is 5.82 Å². The van der Waals surface area contributed by atoms with Crippen LogP contribution in [0.3, 0.4) is 0 Å². The molecule has 0 bridgehead atoms. The van der Waals surface area contributed by atoms with Gasteiger partial charge in [-0.25, -0.2) is 25.5 Å². The summed E-state index contributed by atoms with van der Waals surface area (Å²) in [5.41, 5.74) is 0.914. The van der Waals surface area contributed by atoms with Gasteiger partial charge in [0, 0.05) is 9.14 Å². The summed E-state index contributed by atoms with van der Waals surface area (Å²) in [5, 5.41) is 0. The van der Waals surface area contributed by atoms with Gasteiger partial charge in [0.25, 0.3) is 15.9 Å². The molecule has 4 aromatic rings. The van der Waals surface area contributed by atoms with Crippen LogP contribution in [0.25, 0.3) is 9.15 Å². The van der Waals surface area contributed by atoms with Crippen LogP contribution in [-0.4, -0.2) is 28.5 Å². The molecule has 0 saturated heterocycles. The minimum Gasteiger partial charge on any atom is -0.272 e. The molecular formula is C32H27FINO5S2. The first kappa shape index (κ1) is 30.1. The number of sulfone groups is 1. The molecule has 10 heteroatoms. The molecule has 1 amide bonds. The van der Waals surface area contributed by atoms with Crippen LogP contribution in [0.4, 0.5) is 10.1 Å². The van der Waals surface area contributed by atoms with Gasteiger partial charge >= 0.3 is 0 Å². The van der Waals surface area contributed by atoms with E-state index in [2.05, 4.69) is 0 Å². The number of sulfonamides is 1. The van der Waals surface area contributed by atoms with Crippen LogP contribution in [0.15, 0.2) is 107 Å². The smallest absolute Gasteiger partial charge is 0.270 e. The lowest BCUT2D eigenvalue weighted by atomic mass is 9.75. The highest BCUT2D eigenvalue weighted by Crippen LogP contribution is 2.53. The minimum absolute atomic E-state index is 0.00525. The largest absolute Gasteiger partial charge is 0.272 e. The summed E-state index contributed by atoms with van der Waals surface area (Å²) in [6.45, 7) is 5.17. The number of benzene rings is 4. The fraction of sp³-hybridized carbons (Fsp3) is 0.156. The van der Waals surface area contributed by atoms with Crippen LogP contribution >= 0.6 is 22.6 Å². The molecule has 6 nitrogen and oxygen atoms in total. The quantitative estimate of drug-likeness (QED) is 0.202. The van der Waals surface area contributed by atoms with E-state index >= 15 is 0 Å². The summed E-state index contributed by atoms with van der Waals surface area (Å²) in [6, 6.07) is 24.5. The van der Waals surface area contributed by atoms with Crippen molar-refractivity contribution in [2.75, 3.05) is 10.1 Å². The van der Waals surface area contributed by atoms with Gasteiger partial charge in [0.2, 0.25) is 0 Å². The molecule has 0 radical (unpaired) electrons. The zero-order valence-electron chi connectivity index (χ0n) is 23.0. The first-order valence-corrected chi connectivity index (χ1v) is 17.1. The molecule has 0 aliphatic carbocycles. The molecule has 216 valence electrons. The van der Waals surface area contributed by atoms with Crippen molar-refractivity contribution in [3.05, 3.63) is 125 Å². The van der Waals surface area contributed by atoms with Gasteiger partial charge in [-0.2, -0.15) is 0 Å². The molecule has 1 atom stereocenters. The second kappa shape index (κ2) is 11.1. The second-order valence-corrected chi connectivity index (χ2v) is 15.4. The van der Waals surface area contributed by atoms with Crippen LogP contribution in [0.1, 0.15) is 29.2 Å². The number of fused-ring (bicyclic) bond motifs is 1. The van der Waals surface area contributed by atoms with E-state index in [1.54, 1.807) is 18.2 Å². The number of aryl methyl sites for hydroxylation is 2. The summed E-state index contributed by atoms with van der Waals surface area (Å²) < 4.78 is 71.9. The van der Waals surface area contributed by atoms with Gasteiger partial charge in [-0.05, 0) is 97.0 Å². The molecule has 0 N–H and O–H groups in total. The van der Waals surface area contributed by atoms with Crippen molar-refractivity contribution in [3.63, 3.8) is 0 Å². The van der Waals surface area contributed by atoms with Gasteiger partial charge in [0.15, 0.2) is 9.84 Å². The maximum atomic E-state index is 14.9. The molecular weight excluding hydrogens is 688 g/mol. The predicted octanol–water partition coefficient (Wildman–Crippen LogP) is 6.96. The average molecular weight is 716 g/mol. The van der Waals surface area contributed by atoms with Gasteiger partial charge < -0.3 is 0 Å². The Hall–Kier alpha value is -3.35. The Balaban J connectivity index is 1.84. The van der Waals surface area contributed by atoms with Gasteiger partial charge in [-0.15, -0.1) is 0 Å². The van der Waals surface area contributed by atoms with Crippen molar-refractivity contribution in [1.82, 2.24) is 0 Å². The van der Waals surface area contributed by atoms with Crippen LogP contribution < -0.4 is 4.31 Å². The fourth-order valence-corrected chi connectivity index (χ4v) is 9.65. The van der Waals surface area contributed by atoms with Gasteiger partial charge in [0.05, 0.1) is 26.6 Å². The predicted molar refractivity (Wildman–Crippen MR) is 171 cm³/mol. The molecule has 1 aliphatic heterocycles. The van der Waals surface area contributed by atoms with Crippen LogP contribution in [0.5, 0.6) is 0 Å². The number of carbonyl (C=O) groups excluding carboxylic acids is 1. The maximum absolute atomic E-state index is 14.9. The second-order valence-electron chi connectivity index (χ2n) is 10.5. The molecule has 0 aromatic heterocycles. The van der Waals surface area contributed by atoms with E-state index in [1.165, 1.54) is 49.4 Å². The van der Waals surface area contributed by atoms with Crippen LogP contribution in [0.2, 0.25) is 0 Å². The first-order valence-electron chi connectivity index (χ1n) is 13.0. The molecule has 4 aromatic carbocycles. The molecule has 0 fully saturated rings. The number of halogens is 2. The molecule has 0 saturated carbocycles. The summed E-state index contributed by atoms with van der Waals surface area (Å²) in [5.74, 6) is -2.35. The summed E-state index contributed by atoms with van der Waals surface area (Å²) in [4.78, 5) is 14.5. The summed E-state index contributed by atoms with van der Waals surface area (Å²) in [7, 11) is -8.66. The van der Waals surface area contributed by atoms with E-state index < -0.39 is 42.8 Å². The van der Waals surface area contributed by atoms with Crippen molar-refractivity contribution < 1.29 is 26.0 Å². The van der Waals surface area contributed by atoms with Crippen molar-refractivity contribution >= 4 is 63.2 Å². The number of amides is 1. The summed E-state index contributed by atoms with van der Waals surface area (Å²) >= 11 is 2.03. The van der Waals surface area contributed by atoms with E-state index in [4.69, 9.17) is 0 Å². The normalized spacial score (nSPS) is 18.5. The van der Waals surface area contributed by atoms with Crippen molar-refractivity contribution in [2.24, 2.45) is 5.41 Å². The highest BCUT2D eigenvalue weighted by molar-refractivity contribution is 14.1. The zero-order valence-corrected chi connectivity index (χ0v) is 26.8. The van der Waals surface area contributed by atoms with Gasteiger partial charge in [-0.3, -0.25) is 4.79 Å². The van der Waals surface area contributed by atoms with Crippen LogP contribution in [0, 0.1) is 25.1 Å². The lowest BCUT2D eigenvalue weighted by Crippen LogP contribution is -2.52. The molecule has 1 unspecified atom stereocenters. The Morgan fingerprint density at radius 2 is 1.38 bits per heavy atom. The standard InChI is InChI=1S/C32H27FINO5S2/c1-21-9-13-23(14-10-21)30(34)29-27-19-24(33)15-18-28(27)35(42(39,40)26-7-5-4-6-8-26)31(36)32(29,3)20-41(37,38)25-16-11-22(2)12-17-25/h4-19H,20H2,1-3H3/b30-29-. The summed E-state index contributed by atoms with van der Waals surface area (Å²) in [6.07, 6.45) is 0. The fourth-order valence-electron chi connectivity index (χ4n) is 5.11. The zero-order chi connectivity index (χ0) is 30.4. The Kier molecular flexibility index (Phi) is 7.92. The Labute approximate surface area is 259 Å². The first-order chi connectivity index (χ1) is 19.8. The molecule has 1 heterocycles. The van der Waals surface area contributed by atoms with Gasteiger partial charge in [-0.1, -0.05) is 65.7 Å². The average Bonchev–Trinajstić information content (AvgIpc) is 2.94. The lowest BCUT2D eigenvalue weighted by molar-refractivity contribution is -0.122. The number of rotatable bonds is 6. The highest BCUT2D eigenvalue weighted by Gasteiger charge is 2.53. The monoisotopic (exact) mass is 715 g/mol. The number of anilines is 1.